The van der Waals surface area contributed by atoms with Crippen molar-refractivity contribution < 1.29 is 14.7 Å². The maximum Gasteiger partial charge on any atom is 0.315 e. The van der Waals surface area contributed by atoms with E-state index in [9.17, 15) is 14.7 Å². The first-order chi connectivity index (χ1) is 9.85. The van der Waals surface area contributed by atoms with Crippen LogP contribution in [0, 0.1) is 0 Å². The highest BCUT2D eigenvalue weighted by Crippen LogP contribution is 2.33. The largest absolute Gasteiger partial charge is 0.389 e. The molecular formula is C14H25N3O3S. The molecule has 2 fully saturated rings. The van der Waals surface area contributed by atoms with Gasteiger partial charge in [-0.05, 0) is 26.7 Å². The van der Waals surface area contributed by atoms with Gasteiger partial charge < -0.3 is 21.1 Å². The van der Waals surface area contributed by atoms with Crippen molar-refractivity contribution >= 4 is 23.7 Å². The maximum absolute atomic E-state index is 11.6. The molecule has 0 aromatic rings. The van der Waals surface area contributed by atoms with E-state index in [0.717, 1.165) is 25.0 Å². The molecular weight excluding hydrogens is 290 g/mol. The molecule has 0 radical (unpaired) electrons. The number of urea groups is 1. The Morgan fingerprint density at radius 2 is 2.19 bits per heavy atom. The zero-order valence-corrected chi connectivity index (χ0v) is 13.5. The van der Waals surface area contributed by atoms with Gasteiger partial charge in [-0.1, -0.05) is 6.42 Å². The van der Waals surface area contributed by atoms with Crippen molar-refractivity contribution in [3.8, 4) is 0 Å². The van der Waals surface area contributed by atoms with Crippen molar-refractivity contribution in [2.45, 2.75) is 62.5 Å². The highest BCUT2D eigenvalue weighted by atomic mass is 32.2. The number of aliphatic hydroxyl groups is 1. The first-order valence-corrected chi connectivity index (χ1v) is 8.58. The van der Waals surface area contributed by atoms with Crippen molar-refractivity contribution in [1.82, 2.24) is 16.0 Å². The van der Waals surface area contributed by atoms with Crippen LogP contribution in [0.2, 0.25) is 0 Å². The lowest BCUT2D eigenvalue weighted by atomic mass is 10.0. The van der Waals surface area contributed by atoms with Crippen LogP contribution in [0.4, 0.5) is 4.79 Å². The molecule has 4 N–H and O–H groups in total. The summed E-state index contributed by atoms with van der Waals surface area (Å²) >= 11 is 1.90. The summed E-state index contributed by atoms with van der Waals surface area (Å²) in [6, 6.07) is 0.454. The molecule has 3 amide bonds. The third kappa shape index (κ3) is 5.07. The van der Waals surface area contributed by atoms with Gasteiger partial charge >= 0.3 is 6.03 Å². The first kappa shape index (κ1) is 16.4. The highest BCUT2D eigenvalue weighted by molar-refractivity contribution is 8.00. The molecule has 0 saturated carbocycles. The van der Waals surface area contributed by atoms with Crippen molar-refractivity contribution in [3.05, 3.63) is 0 Å². The van der Waals surface area contributed by atoms with E-state index in [1.165, 1.54) is 0 Å². The predicted octanol–water partition coefficient (Wildman–Crippen LogP) is 0.599. The van der Waals surface area contributed by atoms with Gasteiger partial charge in [0.25, 0.3) is 0 Å². The zero-order chi connectivity index (χ0) is 15.5. The minimum absolute atomic E-state index is 0.00934. The highest BCUT2D eigenvalue weighted by Gasteiger charge is 2.42. The molecule has 2 heterocycles. The monoisotopic (exact) mass is 315 g/mol. The Balaban J connectivity index is 1.58. The lowest BCUT2D eigenvalue weighted by Crippen LogP contribution is -2.38. The standard InChI is InChI=1S/C14H25N3O3S/c1-14(2,20)8-15-11(18)6-4-3-5-10-12-9(7-21-10)16-13(19)17-12/h9-10,12,20H,3-8H2,1-2H3,(H,15,18)(H2,16,17,19). The number of hydrogen-bond acceptors (Lipinski definition) is 4. The fourth-order valence-electron chi connectivity index (χ4n) is 2.68. The van der Waals surface area contributed by atoms with Crippen molar-refractivity contribution in [3.63, 3.8) is 0 Å². The van der Waals surface area contributed by atoms with Gasteiger partial charge in [-0.2, -0.15) is 11.8 Å². The normalized spacial score (nSPS) is 28.0. The SMILES string of the molecule is CC(C)(O)CNC(=O)CCCCC1SCC2NC(=O)NC21. The average Bonchev–Trinajstić information content (AvgIpc) is 2.91. The Morgan fingerprint density at radius 3 is 2.90 bits per heavy atom. The van der Waals surface area contributed by atoms with E-state index in [1.807, 2.05) is 11.8 Å². The van der Waals surface area contributed by atoms with Crippen LogP contribution in [0.25, 0.3) is 0 Å². The third-order valence-corrected chi connectivity index (χ3v) is 5.31. The second-order valence-corrected chi connectivity index (χ2v) is 7.73. The Kier molecular flexibility index (Phi) is 5.37. The van der Waals surface area contributed by atoms with Crippen LogP contribution in [0.3, 0.4) is 0 Å². The van der Waals surface area contributed by atoms with Gasteiger partial charge in [0.15, 0.2) is 0 Å². The molecule has 120 valence electrons. The lowest BCUT2D eigenvalue weighted by molar-refractivity contribution is -0.122. The van der Waals surface area contributed by atoms with Gasteiger partial charge in [0.05, 0.1) is 17.7 Å². The molecule has 21 heavy (non-hydrogen) atoms. The number of thioether (sulfide) groups is 1. The molecule has 0 aromatic carbocycles. The maximum atomic E-state index is 11.6. The summed E-state index contributed by atoms with van der Waals surface area (Å²) in [5.41, 5.74) is -0.862. The second kappa shape index (κ2) is 6.87. The summed E-state index contributed by atoms with van der Waals surface area (Å²) in [6.07, 6.45) is 3.33. The number of rotatable bonds is 7. The van der Waals surface area contributed by atoms with Crippen molar-refractivity contribution in [2.24, 2.45) is 0 Å². The van der Waals surface area contributed by atoms with E-state index in [1.54, 1.807) is 13.8 Å². The summed E-state index contributed by atoms with van der Waals surface area (Å²) in [6.45, 7) is 3.63. The summed E-state index contributed by atoms with van der Waals surface area (Å²) in [4.78, 5) is 22.9. The quantitative estimate of drug-likeness (QED) is 0.409. The van der Waals surface area contributed by atoms with Crippen molar-refractivity contribution in [1.29, 1.82) is 0 Å². The van der Waals surface area contributed by atoms with Crippen molar-refractivity contribution in [2.75, 3.05) is 12.3 Å². The smallest absolute Gasteiger partial charge is 0.315 e. The molecule has 6 nitrogen and oxygen atoms in total. The van der Waals surface area contributed by atoms with Crippen LogP contribution in [-0.2, 0) is 4.79 Å². The van der Waals surface area contributed by atoms with E-state index >= 15 is 0 Å². The molecule has 0 aliphatic carbocycles. The van der Waals surface area contributed by atoms with Crippen LogP contribution in [-0.4, -0.2) is 52.3 Å². The summed E-state index contributed by atoms with van der Waals surface area (Å²) < 4.78 is 0. The van der Waals surface area contributed by atoms with Gasteiger partial charge in [0, 0.05) is 24.0 Å². The van der Waals surface area contributed by atoms with E-state index in [4.69, 9.17) is 0 Å². The second-order valence-electron chi connectivity index (χ2n) is 6.46. The number of hydrogen-bond donors (Lipinski definition) is 4. The lowest BCUT2D eigenvalue weighted by Gasteiger charge is -2.18. The minimum Gasteiger partial charge on any atom is -0.389 e. The molecule has 0 spiro atoms. The van der Waals surface area contributed by atoms with Crippen LogP contribution < -0.4 is 16.0 Å². The average molecular weight is 315 g/mol. The Hall–Kier alpha value is -0.950. The number of unbranched alkanes of at least 4 members (excludes halogenated alkanes) is 1. The Labute approximate surface area is 129 Å². The minimum atomic E-state index is -0.862. The summed E-state index contributed by atoms with van der Waals surface area (Å²) in [5.74, 6) is 0.963. The molecule has 2 rings (SSSR count). The number of fused-ring (bicyclic) bond motifs is 1. The Bertz CT molecular complexity index is 397. The zero-order valence-electron chi connectivity index (χ0n) is 12.6. The number of amides is 3. The van der Waals surface area contributed by atoms with Crippen LogP contribution in [0.1, 0.15) is 39.5 Å². The fraction of sp³-hybridized carbons (Fsp3) is 0.857. The molecule has 2 saturated heterocycles. The third-order valence-electron chi connectivity index (χ3n) is 3.80. The van der Waals surface area contributed by atoms with Gasteiger partial charge in [-0.15, -0.1) is 0 Å². The molecule has 0 aromatic heterocycles. The molecule has 3 atom stereocenters. The predicted molar refractivity (Wildman–Crippen MR) is 83.3 cm³/mol. The van der Waals surface area contributed by atoms with E-state index < -0.39 is 5.60 Å². The number of carbonyl (C=O) groups excluding carboxylic acids is 2. The van der Waals surface area contributed by atoms with Gasteiger partial charge in [0.1, 0.15) is 0 Å². The van der Waals surface area contributed by atoms with Gasteiger partial charge in [-0.3, -0.25) is 4.79 Å². The number of carbonyl (C=O) groups is 2. The summed E-state index contributed by atoms with van der Waals surface area (Å²) in [7, 11) is 0. The summed E-state index contributed by atoms with van der Waals surface area (Å²) in [5, 5.41) is 18.6. The molecule has 2 aliphatic rings. The van der Waals surface area contributed by atoms with E-state index in [2.05, 4.69) is 16.0 Å². The van der Waals surface area contributed by atoms with Crippen LogP contribution in [0.5, 0.6) is 0 Å². The molecule has 3 unspecified atom stereocenters. The topological polar surface area (TPSA) is 90.5 Å². The molecule has 7 heteroatoms. The van der Waals surface area contributed by atoms with E-state index in [0.29, 0.717) is 11.7 Å². The van der Waals surface area contributed by atoms with Gasteiger partial charge in [0.2, 0.25) is 5.91 Å². The van der Waals surface area contributed by atoms with Crippen LogP contribution in [0.15, 0.2) is 0 Å². The van der Waals surface area contributed by atoms with E-state index in [-0.39, 0.29) is 30.6 Å². The molecule has 2 aliphatic heterocycles. The Morgan fingerprint density at radius 1 is 1.43 bits per heavy atom. The fourth-order valence-corrected chi connectivity index (χ4v) is 4.22. The molecule has 0 bridgehead atoms. The first-order valence-electron chi connectivity index (χ1n) is 7.53. The van der Waals surface area contributed by atoms with Crippen LogP contribution >= 0.6 is 11.8 Å². The van der Waals surface area contributed by atoms with Gasteiger partial charge in [-0.25, -0.2) is 4.79 Å². The number of nitrogens with one attached hydrogen (secondary N) is 3.